The van der Waals surface area contributed by atoms with Crippen LogP contribution < -0.4 is 16.4 Å². The average molecular weight is 296 g/mol. The van der Waals surface area contributed by atoms with Crippen molar-refractivity contribution in [1.82, 2.24) is 10.6 Å². The maximum absolute atomic E-state index is 12.3. The Balaban J connectivity index is 1.96. The third-order valence-corrected chi connectivity index (χ3v) is 5.02. The number of hydrogen-bond acceptors (Lipinski definition) is 3. The van der Waals surface area contributed by atoms with Crippen LogP contribution in [0.3, 0.4) is 0 Å². The first-order chi connectivity index (χ1) is 10.1. The Morgan fingerprint density at radius 3 is 2.38 bits per heavy atom. The van der Waals surface area contributed by atoms with E-state index in [0.29, 0.717) is 5.92 Å². The van der Waals surface area contributed by atoms with Crippen LogP contribution in [0, 0.1) is 5.92 Å². The van der Waals surface area contributed by atoms with Gasteiger partial charge in [0.15, 0.2) is 5.84 Å². The van der Waals surface area contributed by atoms with E-state index in [1.807, 2.05) is 0 Å². The average Bonchev–Trinajstić information content (AvgIpc) is 2.50. The van der Waals surface area contributed by atoms with Gasteiger partial charge < -0.3 is 21.6 Å². The fourth-order valence-electron chi connectivity index (χ4n) is 3.48. The second-order valence-electron chi connectivity index (χ2n) is 6.68. The smallest absolute Gasteiger partial charge is 0.315 e. The van der Waals surface area contributed by atoms with E-state index in [2.05, 4.69) is 22.7 Å². The highest BCUT2D eigenvalue weighted by Crippen LogP contribution is 2.32. The van der Waals surface area contributed by atoms with E-state index in [-0.39, 0.29) is 17.9 Å². The SMILES string of the molecule is CC1CCC(NC(=O)NC2CCCCC2)(/C(N)=N/O)CC1. The number of nitrogens with one attached hydrogen (secondary N) is 2. The van der Waals surface area contributed by atoms with Crippen molar-refractivity contribution in [3.05, 3.63) is 0 Å². The van der Waals surface area contributed by atoms with Crippen molar-refractivity contribution in [2.75, 3.05) is 0 Å². The fraction of sp³-hybridized carbons (Fsp3) is 0.867. The van der Waals surface area contributed by atoms with Crippen molar-refractivity contribution in [3.8, 4) is 0 Å². The van der Waals surface area contributed by atoms with Crippen LogP contribution in [-0.2, 0) is 0 Å². The van der Waals surface area contributed by atoms with Gasteiger partial charge in [0.2, 0.25) is 0 Å². The highest BCUT2D eigenvalue weighted by atomic mass is 16.4. The molecular formula is C15H28N4O2. The third kappa shape index (κ3) is 4.02. The summed E-state index contributed by atoms with van der Waals surface area (Å²) in [5, 5.41) is 18.2. The Morgan fingerprint density at radius 1 is 1.19 bits per heavy atom. The number of nitrogens with two attached hydrogens (primary N) is 1. The van der Waals surface area contributed by atoms with E-state index < -0.39 is 5.54 Å². The molecule has 120 valence electrons. The number of amides is 2. The minimum absolute atomic E-state index is 0.119. The molecule has 0 aliphatic heterocycles. The summed E-state index contributed by atoms with van der Waals surface area (Å²) >= 11 is 0. The van der Waals surface area contributed by atoms with Crippen LogP contribution >= 0.6 is 0 Å². The summed E-state index contributed by atoms with van der Waals surface area (Å²) in [6.07, 6.45) is 9.08. The largest absolute Gasteiger partial charge is 0.409 e. The summed E-state index contributed by atoms with van der Waals surface area (Å²) in [5.74, 6) is 0.737. The van der Waals surface area contributed by atoms with Crippen LogP contribution in [0.5, 0.6) is 0 Å². The van der Waals surface area contributed by atoms with Gasteiger partial charge in [0.05, 0.1) is 0 Å². The molecule has 2 rings (SSSR count). The van der Waals surface area contributed by atoms with Gasteiger partial charge in [-0.2, -0.15) is 0 Å². The standard InChI is InChI=1S/C15H28N4O2/c1-11-7-9-15(10-8-11,13(16)19-21)18-14(20)17-12-5-3-2-4-6-12/h11-12,21H,2-10H2,1H3,(H2,16,19)(H2,17,18,20). The molecule has 2 aliphatic carbocycles. The molecule has 0 heterocycles. The Morgan fingerprint density at radius 2 is 1.81 bits per heavy atom. The van der Waals surface area contributed by atoms with Crippen LogP contribution in [0.15, 0.2) is 5.16 Å². The molecule has 0 aromatic carbocycles. The van der Waals surface area contributed by atoms with Gasteiger partial charge in [-0.3, -0.25) is 0 Å². The number of carbonyl (C=O) groups is 1. The van der Waals surface area contributed by atoms with Crippen LogP contribution in [0.4, 0.5) is 4.79 Å². The summed E-state index contributed by atoms with van der Waals surface area (Å²) in [7, 11) is 0. The quantitative estimate of drug-likeness (QED) is 0.278. The molecule has 6 heteroatoms. The van der Waals surface area contributed by atoms with E-state index in [9.17, 15) is 4.79 Å². The number of carbonyl (C=O) groups excluding carboxylic acids is 1. The molecular weight excluding hydrogens is 268 g/mol. The van der Waals surface area contributed by atoms with E-state index in [0.717, 1.165) is 38.5 Å². The van der Waals surface area contributed by atoms with Crippen molar-refractivity contribution in [3.63, 3.8) is 0 Å². The molecule has 2 aliphatic rings. The first-order valence-electron chi connectivity index (χ1n) is 8.12. The number of amidine groups is 1. The lowest BCUT2D eigenvalue weighted by Crippen LogP contribution is -2.61. The van der Waals surface area contributed by atoms with Crippen LogP contribution in [0.1, 0.15) is 64.7 Å². The molecule has 0 spiro atoms. The number of hydrogen-bond donors (Lipinski definition) is 4. The van der Waals surface area contributed by atoms with Gasteiger partial charge >= 0.3 is 6.03 Å². The van der Waals surface area contributed by atoms with Gasteiger partial charge in [0.25, 0.3) is 0 Å². The molecule has 0 saturated heterocycles. The highest BCUT2D eigenvalue weighted by Gasteiger charge is 2.40. The number of rotatable bonds is 3. The fourth-order valence-corrected chi connectivity index (χ4v) is 3.48. The van der Waals surface area contributed by atoms with Crippen molar-refractivity contribution in [2.24, 2.45) is 16.8 Å². The maximum atomic E-state index is 12.3. The van der Waals surface area contributed by atoms with Crippen LogP contribution in [0.25, 0.3) is 0 Å². The monoisotopic (exact) mass is 296 g/mol. The molecule has 21 heavy (non-hydrogen) atoms. The molecule has 0 unspecified atom stereocenters. The summed E-state index contributed by atoms with van der Waals surface area (Å²) in [6.45, 7) is 2.19. The predicted molar refractivity (Wildman–Crippen MR) is 82.3 cm³/mol. The topological polar surface area (TPSA) is 99.7 Å². The number of urea groups is 1. The molecule has 6 nitrogen and oxygen atoms in total. The zero-order valence-corrected chi connectivity index (χ0v) is 12.9. The molecule has 0 bridgehead atoms. The van der Waals surface area contributed by atoms with Gasteiger partial charge in [0, 0.05) is 6.04 Å². The molecule has 0 radical (unpaired) electrons. The van der Waals surface area contributed by atoms with E-state index >= 15 is 0 Å². The zero-order valence-electron chi connectivity index (χ0n) is 12.9. The molecule has 5 N–H and O–H groups in total. The second-order valence-corrected chi connectivity index (χ2v) is 6.68. The molecule has 0 aromatic heterocycles. The van der Waals surface area contributed by atoms with E-state index in [4.69, 9.17) is 10.9 Å². The normalized spacial score (nSPS) is 31.7. The maximum Gasteiger partial charge on any atom is 0.315 e. The molecule has 2 amide bonds. The first-order valence-corrected chi connectivity index (χ1v) is 8.12. The molecule has 0 atom stereocenters. The van der Waals surface area contributed by atoms with Crippen molar-refractivity contribution in [2.45, 2.75) is 76.3 Å². The van der Waals surface area contributed by atoms with Crippen molar-refractivity contribution in [1.29, 1.82) is 0 Å². The van der Waals surface area contributed by atoms with E-state index in [1.54, 1.807) is 0 Å². The third-order valence-electron chi connectivity index (χ3n) is 5.02. The summed E-state index contributed by atoms with van der Waals surface area (Å²) in [6, 6.07) is 0.0636. The summed E-state index contributed by atoms with van der Waals surface area (Å²) in [5.41, 5.74) is 5.17. The zero-order chi connectivity index (χ0) is 15.3. The minimum Gasteiger partial charge on any atom is -0.409 e. The Labute approximate surface area is 126 Å². The Kier molecular flexibility index (Phi) is 5.31. The number of oxime groups is 1. The lowest BCUT2D eigenvalue weighted by atomic mass is 9.76. The summed E-state index contributed by atoms with van der Waals surface area (Å²) < 4.78 is 0. The second kappa shape index (κ2) is 7.00. The highest BCUT2D eigenvalue weighted by molar-refractivity contribution is 5.93. The lowest BCUT2D eigenvalue weighted by Gasteiger charge is -2.39. The molecule has 2 saturated carbocycles. The lowest BCUT2D eigenvalue weighted by molar-refractivity contribution is 0.206. The van der Waals surface area contributed by atoms with Crippen molar-refractivity contribution < 1.29 is 10.0 Å². The van der Waals surface area contributed by atoms with Gasteiger partial charge in [-0.15, -0.1) is 0 Å². The van der Waals surface area contributed by atoms with Gasteiger partial charge in [-0.25, -0.2) is 4.79 Å². The first kappa shape index (κ1) is 15.9. The number of nitrogens with zero attached hydrogens (tertiary/aromatic N) is 1. The predicted octanol–water partition coefficient (Wildman–Crippen LogP) is 2.31. The van der Waals surface area contributed by atoms with Crippen molar-refractivity contribution >= 4 is 11.9 Å². The molecule has 2 fully saturated rings. The van der Waals surface area contributed by atoms with Gasteiger partial charge in [-0.05, 0) is 44.4 Å². The summed E-state index contributed by atoms with van der Waals surface area (Å²) in [4.78, 5) is 12.3. The van der Waals surface area contributed by atoms with Gasteiger partial charge in [-0.1, -0.05) is 31.3 Å². The molecule has 0 aromatic rings. The Bertz CT molecular complexity index is 383. The van der Waals surface area contributed by atoms with E-state index in [1.165, 1.54) is 19.3 Å². The van der Waals surface area contributed by atoms with Crippen LogP contribution in [-0.4, -0.2) is 28.7 Å². The van der Waals surface area contributed by atoms with Gasteiger partial charge in [0.1, 0.15) is 5.54 Å². The Hall–Kier alpha value is -1.46. The minimum atomic E-state index is -0.694. The van der Waals surface area contributed by atoms with Crippen LogP contribution in [0.2, 0.25) is 0 Å².